The van der Waals surface area contributed by atoms with Crippen LogP contribution in [0.2, 0.25) is 0 Å². The van der Waals surface area contributed by atoms with Gasteiger partial charge >= 0.3 is 5.97 Å². The average molecular weight is 701 g/mol. The van der Waals surface area contributed by atoms with Crippen molar-refractivity contribution in [2.75, 3.05) is 6.54 Å². The number of hydrogen-bond donors (Lipinski definition) is 2. The third-order valence-corrected chi connectivity index (χ3v) is 9.75. The van der Waals surface area contributed by atoms with Crippen LogP contribution in [0.25, 0.3) is 0 Å². The number of rotatable bonds is 35. The predicted molar refractivity (Wildman–Crippen MR) is 208 cm³/mol. The Morgan fingerprint density at radius 3 is 1.62 bits per heavy atom. The molecule has 0 saturated heterocycles. The number of nitrogens with one attached hydrogen (secondary N) is 2. The zero-order chi connectivity index (χ0) is 36.3. The summed E-state index contributed by atoms with van der Waals surface area (Å²) in [6.45, 7) is 8.11. The fraction of sp³-hybridized carbons (Fsp3) is 0.814. The van der Waals surface area contributed by atoms with Gasteiger partial charge in [-0.1, -0.05) is 129 Å². The largest absolute Gasteiger partial charge is 0.461 e. The zero-order valence-electron chi connectivity index (χ0n) is 32.8. The van der Waals surface area contributed by atoms with Crippen LogP contribution in [0.3, 0.4) is 0 Å². The molecule has 7 heteroatoms. The SMILES string of the molecule is CCCCCCCCCCCC(=O)NCCCC[C@H](NC(=O)CCCCCCCC)C(=O)OC(C)CCCCCCCCC[n+]1ccccc1. The molecule has 1 heterocycles. The zero-order valence-corrected chi connectivity index (χ0v) is 32.8. The minimum atomic E-state index is -0.628. The summed E-state index contributed by atoms with van der Waals surface area (Å²) in [5.74, 6) is -0.265. The molecule has 50 heavy (non-hydrogen) atoms. The molecule has 0 aliphatic carbocycles. The molecule has 0 spiro atoms. The molecule has 1 unspecified atom stereocenters. The average Bonchev–Trinajstić information content (AvgIpc) is 3.11. The third kappa shape index (κ3) is 28.3. The molecule has 2 N–H and O–H groups in total. The number of nitrogens with zero attached hydrogens (tertiary/aromatic N) is 1. The number of ether oxygens (including phenoxy) is 1. The first-order valence-electron chi connectivity index (χ1n) is 21.2. The van der Waals surface area contributed by atoms with E-state index in [-0.39, 0.29) is 23.9 Å². The van der Waals surface area contributed by atoms with Crippen LogP contribution in [0.5, 0.6) is 0 Å². The van der Waals surface area contributed by atoms with Gasteiger partial charge in [0.2, 0.25) is 11.8 Å². The van der Waals surface area contributed by atoms with E-state index in [9.17, 15) is 14.4 Å². The molecule has 1 rings (SSSR count). The van der Waals surface area contributed by atoms with Gasteiger partial charge in [0.1, 0.15) is 12.6 Å². The number of unbranched alkanes of at least 4 members (excludes halogenated alkanes) is 20. The molecular weight excluding hydrogens is 622 g/mol. The summed E-state index contributed by atoms with van der Waals surface area (Å²) in [7, 11) is 0. The lowest BCUT2D eigenvalue weighted by molar-refractivity contribution is -0.697. The van der Waals surface area contributed by atoms with E-state index in [0.29, 0.717) is 25.8 Å². The standard InChI is InChI=1S/C43H77N3O4/c1-4-6-8-10-12-13-16-20-24-33-41(47)44-35-27-26-32-40(45-42(48)34-25-19-11-9-7-5-2)43(49)50-39(3)31-23-18-15-14-17-21-28-36-46-37-29-22-30-38-46/h22,29-30,37-40H,4-21,23-28,31-36H2,1-3H3,(H-,44,45,47,48)/p+1/t39?,40-/m0/s1. The van der Waals surface area contributed by atoms with Crippen LogP contribution in [-0.2, 0) is 25.7 Å². The van der Waals surface area contributed by atoms with Crippen LogP contribution in [0.4, 0.5) is 0 Å². The second-order valence-corrected chi connectivity index (χ2v) is 14.7. The summed E-state index contributed by atoms with van der Waals surface area (Å²) in [5.41, 5.74) is 0. The Labute approximate surface area is 307 Å². The summed E-state index contributed by atoms with van der Waals surface area (Å²) in [6, 6.07) is 5.58. The quantitative estimate of drug-likeness (QED) is 0.0419. The molecule has 0 aliphatic rings. The minimum Gasteiger partial charge on any atom is -0.461 e. The maximum atomic E-state index is 13.2. The molecule has 1 aromatic rings. The summed E-state index contributed by atoms with van der Waals surface area (Å²) >= 11 is 0. The summed E-state index contributed by atoms with van der Waals surface area (Å²) in [5, 5.41) is 6.03. The van der Waals surface area contributed by atoms with Crippen LogP contribution in [0.1, 0.15) is 201 Å². The van der Waals surface area contributed by atoms with E-state index in [1.165, 1.54) is 96.3 Å². The van der Waals surface area contributed by atoms with E-state index in [4.69, 9.17) is 4.74 Å². The van der Waals surface area contributed by atoms with E-state index in [1.807, 2.05) is 6.92 Å². The van der Waals surface area contributed by atoms with Crippen molar-refractivity contribution in [2.24, 2.45) is 0 Å². The highest BCUT2D eigenvalue weighted by Gasteiger charge is 2.23. The number of aryl methyl sites for hydroxylation is 1. The normalized spacial score (nSPS) is 12.4. The van der Waals surface area contributed by atoms with Crippen molar-refractivity contribution in [1.82, 2.24) is 10.6 Å². The van der Waals surface area contributed by atoms with Crippen LogP contribution < -0.4 is 15.2 Å². The van der Waals surface area contributed by atoms with E-state index in [0.717, 1.165) is 70.8 Å². The van der Waals surface area contributed by atoms with Crippen molar-refractivity contribution >= 4 is 17.8 Å². The van der Waals surface area contributed by atoms with Crippen molar-refractivity contribution in [1.29, 1.82) is 0 Å². The second kappa shape index (κ2) is 33.7. The van der Waals surface area contributed by atoms with Gasteiger partial charge in [-0.25, -0.2) is 9.36 Å². The van der Waals surface area contributed by atoms with Gasteiger partial charge in [-0.3, -0.25) is 9.59 Å². The Bertz CT molecular complexity index is 941. The highest BCUT2D eigenvalue weighted by molar-refractivity contribution is 5.84. The Morgan fingerprint density at radius 2 is 1.04 bits per heavy atom. The van der Waals surface area contributed by atoms with Crippen molar-refractivity contribution in [3.63, 3.8) is 0 Å². The van der Waals surface area contributed by atoms with E-state index >= 15 is 0 Å². The molecule has 2 atom stereocenters. The van der Waals surface area contributed by atoms with Gasteiger partial charge in [0.15, 0.2) is 12.4 Å². The molecule has 0 aromatic carbocycles. The molecular formula is C43H78N3O4+. The maximum absolute atomic E-state index is 13.2. The number of carbonyl (C=O) groups is 3. The summed E-state index contributed by atoms with van der Waals surface area (Å²) in [4.78, 5) is 38.3. The van der Waals surface area contributed by atoms with Gasteiger partial charge in [0.25, 0.3) is 0 Å². The van der Waals surface area contributed by atoms with Crippen LogP contribution in [0.15, 0.2) is 30.6 Å². The topological polar surface area (TPSA) is 88.4 Å². The van der Waals surface area contributed by atoms with Gasteiger partial charge in [-0.2, -0.15) is 0 Å². The highest BCUT2D eigenvalue weighted by Crippen LogP contribution is 2.14. The molecule has 0 fully saturated rings. The van der Waals surface area contributed by atoms with Crippen molar-refractivity contribution < 1.29 is 23.7 Å². The van der Waals surface area contributed by atoms with Crippen molar-refractivity contribution in [3.05, 3.63) is 30.6 Å². The van der Waals surface area contributed by atoms with Crippen LogP contribution >= 0.6 is 0 Å². The van der Waals surface area contributed by atoms with E-state index in [2.05, 4.69) is 59.6 Å². The molecule has 0 radical (unpaired) electrons. The number of hydrogen-bond acceptors (Lipinski definition) is 4. The summed E-state index contributed by atoms with van der Waals surface area (Å²) in [6.07, 6.45) is 34.3. The fourth-order valence-electron chi connectivity index (χ4n) is 6.50. The number of amides is 2. The van der Waals surface area contributed by atoms with Crippen LogP contribution in [0, 0.1) is 0 Å². The van der Waals surface area contributed by atoms with Gasteiger partial charge in [0, 0.05) is 37.9 Å². The van der Waals surface area contributed by atoms with Crippen LogP contribution in [-0.4, -0.2) is 36.5 Å². The van der Waals surface area contributed by atoms with Gasteiger partial charge in [-0.15, -0.1) is 0 Å². The maximum Gasteiger partial charge on any atom is 0.328 e. The van der Waals surface area contributed by atoms with Gasteiger partial charge < -0.3 is 15.4 Å². The molecule has 7 nitrogen and oxygen atoms in total. The monoisotopic (exact) mass is 701 g/mol. The minimum absolute atomic E-state index is 0.0632. The first-order valence-corrected chi connectivity index (χ1v) is 21.2. The second-order valence-electron chi connectivity index (χ2n) is 14.7. The Morgan fingerprint density at radius 1 is 0.560 bits per heavy atom. The molecule has 0 aliphatic heterocycles. The Kier molecular flexibility index (Phi) is 30.7. The lowest BCUT2D eigenvalue weighted by atomic mass is 10.1. The number of esters is 1. The Hall–Kier alpha value is -2.44. The first kappa shape index (κ1) is 45.6. The van der Waals surface area contributed by atoms with Gasteiger partial charge in [-0.05, 0) is 58.3 Å². The van der Waals surface area contributed by atoms with E-state index in [1.54, 1.807) is 0 Å². The fourth-order valence-corrected chi connectivity index (χ4v) is 6.50. The van der Waals surface area contributed by atoms with E-state index < -0.39 is 6.04 Å². The first-order chi connectivity index (χ1) is 24.5. The number of pyridine rings is 1. The predicted octanol–water partition coefficient (Wildman–Crippen LogP) is 10.5. The number of carbonyl (C=O) groups excluding carboxylic acids is 3. The van der Waals surface area contributed by atoms with Gasteiger partial charge in [0.05, 0.1) is 6.10 Å². The lowest BCUT2D eigenvalue weighted by Crippen LogP contribution is -2.42. The molecule has 0 bridgehead atoms. The Balaban J connectivity index is 2.29. The third-order valence-electron chi connectivity index (χ3n) is 9.75. The highest BCUT2D eigenvalue weighted by atomic mass is 16.5. The number of aromatic nitrogens is 1. The smallest absolute Gasteiger partial charge is 0.328 e. The van der Waals surface area contributed by atoms with Crippen molar-refractivity contribution in [2.45, 2.75) is 219 Å². The summed E-state index contributed by atoms with van der Waals surface area (Å²) < 4.78 is 8.10. The molecule has 0 saturated carbocycles. The van der Waals surface area contributed by atoms with Crippen molar-refractivity contribution in [3.8, 4) is 0 Å². The molecule has 288 valence electrons. The molecule has 1 aromatic heterocycles. The molecule has 2 amide bonds. The lowest BCUT2D eigenvalue weighted by Gasteiger charge is -2.21.